The molecule has 0 spiro atoms. The first-order valence-electron chi connectivity index (χ1n) is 7.98. The normalized spacial score (nSPS) is 21.3. The maximum Gasteiger partial charge on any atom is 0.226 e. The number of rotatable bonds is 4. The standard InChI is InChI=1S/C17H21ClN4O/c1-12-15(11-21-9-5-6-13(10-21)17(19)23)16(18)22(20-12)14-7-3-2-4-8-14/h2-4,7-8,13H,5-6,9-11H2,1H3,(H2,19,23)/p+1/t13-/m0/s1. The predicted molar refractivity (Wildman–Crippen MR) is 89.6 cm³/mol. The van der Waals surface area contributed by atoms with E-state index in [2.05, 4.69) is 5.10 Å². The third-order valence-corrected chi connectivity index (χ3v) is 4.96. The van der Waals surface area contributed by atoms with Gasteiger partial charge < -0.3 is 10.6 Å². The van der Waals surface area contributed by atoms with Crippen LogP contribution in [0.3, 0.4) is 0 Å². The van der Waals surface area contributed by atoms with Crippen LogP contribution in [0.25, 0.3) is 5.69 Å². The quantitative estimate of drug-likeness (QED) is 0.880. The van der Waals surface area contributed by atoms with Crippen molar-refractivity contribution in [2.24, 2.45) is 11.7 Å². The molecule has 1 aliphatic heterocycles. The Labute approximate surface area is 141 Å². The maximum absolute atomic E-state index is 11.4. The van der Waals surface area contributed by atoms with Gasteiger partial charge in [0.25, 0.3) is 0 Å². The molecular weight excluding hydrogens is 312 g/mol. The van der Waals surface area contributed by atoms with Crippen LogP contribution in [0.5, 0.6) is 0 Å². The van der Waals surface area contributed by atoms with E-state index in [0.717, 1.165) is 49.4 Å². The van der Waals surface area contributed by atoms with Gasteiger partial charge in [0.1, 0.15) is 11.7 Å². The Morgan fingerprint density at radius 2 is 2.17 bits per heavy atom. The van der Waals surface area contributed by atoms with Gasteiger partial charge in [0.15, 0.2) is 0 Å². The topological polar surface area (TPSA) is 65.3 Å². The highest BCUT2D eigenvalue weighted by molar-refractivity contribution is 6.30. The second-order valence-electron chi connectivity index (χ2n) is 6.22. The Morgan fingerprint density at radius 1 is 1.43 bits per heavy atom. The smallest absolute Gasteiger partial charge is 0.226 e. The van der Waals surface area contributed by atoms with Crippen LogP contribution < -0.4 is 10.6 Å². The van der Waals surface area contributed by atoms with Gasteiger partial charge in [-0.15, -0.1) is 0 Å². The Kier molecular flexibility index (Phi) is 4.68. The number of likely N-dealkylation sites (tertiary alicyclic amines) is 1. The van der Waals surface area contributed by atoms with Crippen molar-refractivity contribution in [3.63, 3.8) is 0 Å². The van der Waals surface area contributed by atoms with Crippen molar-refractivity contribution in [3.05, 3.63) is 46.7 Å². The summed E-state index contributed by atoms with van der Waals surface area (Å²) < 4.78 is 1.78. The first-order valence-corrected chi connectivity index (χ1v) is 8.36. The zero-order valence-electron chi connectivity index (χ0n) is 13.3. The molecule has 5 nitrogen and oxygen atoms in total. The molecular formula is C17H22ClN4O+. The number of nitrogens with one attached hydrogen (secondary N) is 1. The van der Waals surface area contributed by atoms with E-state index in [4.69, 9.17) is 17.3 Å². The number of hydrogen-bond donors (Lipinski definition) is 2. The van der Waals surface area contributed by atoms with Gasteiger partial charge in [0.2, 0.25) is 5.91 Å². The van der Waals surface area contributed by atoms with Crippen molar-refractivity contribution in [2.45, 2.75) is 26.3 Å². The SMILES string of the molecule is Cc1nn(-c2ccccc2)c(Cl)c1C[NH+]1CCC[C@H](C(N)=O)C1. The Bertz CT molecular complexity index is 698. The summed E-state index contributed by atoms with van der Waals surface area (Å²) in [6.07, 6.45) is 1.92. The Balaban J connectivity index is 1.81. The fourth-order valence-corrected chi connectivity index (χ4v) is 3.62. The van der Waals surface area contributed by atoms with E-state index in [9.17, 15) is 4.79 Å². The van der Waals surface area contributed by atoms with Crippen molar-refractivity contribution in [3.8, 4) is 5.69 Å². The highest BCUT2D eigenvalue weighted by atomic mass is 35.5. The van der Waals surface area contributed by atoms with Gasteiger partial charge in [-0.1, -0.05) is 29.8 Å². The van der Waals surface area contributed by atoms with E-state index in [-0.39, 0.29) is 11.8 Å². The largest absolute Gasteiger partial charge is 0.369 e. The number of amides is 1. The summed E-state index contributed by atoms with van der Waals surface area (Å²) in [7, 11) is 0. The van der Waals surface area contributed by atoms with Gasteiger partial charge in [-0.25, -0.2) is 4.68 Å². The molecule has 0 bridgehead atoms. The fraction of sp³-hybridized carbons (Fsp3) is 0.412. The number of primary amides is 1. The minimum absolute atomic E-state index is 0.0259. The van der Waals surface area contributed by atoms with Crippen molar-refractivity contribution in [1.82, 2.24) is 9.78 Å². The lowest BCUT2D eigenvalue weighted by molar-refractivity contribution is -0.921. The number of benzene rings is 1. The summed E-state index contributed by atoms with van der Waals surface area (Å²) in [6.45, 7) is 4.58. The molecule has 1 fully saturated rings. The number of quaternary nitrogens is 1. The zero-order valence-corrected chi connectivity index (χ0v) is 14.0. The van der Waals surface area contributed by atoms with E-state index in [1.807, 2.05) is 37.3 Å². The van der Waals surface area contributed by atoms with E-state index in [0.29, 0.717) is 5.15 Å². The Hall–Kier alpha value is -1.85. The van der Waals surface area contributed by atoms with E-state index < -0.39 is 0 Å². The van der Waals surface area contributed by atoms with E-state index in [1.54, 1.807) is 4.68 Å². The molecule has 122 valence electrons. The number of carbonyl (C=O) groups excluding carboxylic acids is 1. The van der Waals surface area contributed by atoms with Crippen LogP contribution in [0.2, 0.25) is 5.15 Å². The average Bonchev–Trinajstić information content (AvgIpc) is 2.84. The van der Waals surface area contributed by atoms with Crippen LogP contribution in [0.1, 0.15) is 24.1 Å². The van der Waals surface area contributed by atoms with Gasteiger partial charge in [-0.2, -0.15) is 5.10 Å². The molecule has 0 radical (unpaired) electrons. The number of nitrogens with zero attached hydrogens (tertiary/aromatic N) is 2. The summed E-state index contributed by atoms with van der Waals surface area (Å²) in [5.41, 5.74) is 8.41. The molecule has 3 N–H and O–H groups in total. The van der Waals surface area contributed by atoms with Crippen molar-refractivity contribution >= 4 is 17.5 Å². The summed E-state index contributed by atoms with van der Waals surface area (Å²) in [5, 5.41) is 5.23. The van der Waals surface area contributed by atoms with Gasteiger partial charge in [-0.05, 0) is 31.9 Å². The molecule has 1 aromatic heterocycles. The third-order valence-electron chi connectivity index (χ3n) is 4.57. The second kappa shape index (κ2) is 6.72. The van der Waals surface area contributed by atoms with Gasteiger partial charge >= 0.3 is 0 Å². The van der Waals surface area contributed by atoms with Crippen LogP contribution in [0.4, 0.5) is 0 Å². The highest BCUT2D eigenvalue weighted by Crippen LogP contribution is 2.23. The number of carbonyl (C=O) groups is 1. The second-order valence-corrected chi connectivity index (χ2v) is 6.58. The van der Waals surface area contributed by atoms with Crippen LogP contribution in [-0.4, -0.2) is 28.8 Å². The molecule has 0 saturated carbocycles. The minimum atomic E-state index is -0.190. The first-order chi connectivity index (χ1) is 11.1. The van der Waals surface area contributed by atoms with E-state index >= 15 is 0 Å². The predicted octanol–water partition coefficient (Wildman–Crippen LogP) is 1.11. The molecule has 1 saturated heterocycles. The third kappa shape index (κ3) is 3.41. The van der Waals surface area contributed by atoms with Gasteiger partial charge in [0.05, 0.1) is 36.0 Å². The number of hydrogen-bond acceptors (Lipinski definition) is 2. The first kappa shape index (κ1) is 16.0. The number of nitrogens with two attached hydrogens (primary N) is 1. The number of aromatic nitrogens is 2. The molecule has 23 heavy (non-hydrogen) atoms. The summed E-state index contributed by atoms with van der Waals surface area (Å²) in [6, 6.07) is 9.87. The van der Waals surface area contributed by atoms with Crippen molar-refractivity contribution < 1.29 is 9.69 Å². The number of aryl methyl sites for hydroxylation is 1. The maximum atomic E-state index is 11.4. The van der Waals surface area contributed by atoms with Crippen LogP contribution in [-0.2, 0) is 11.3 Å². The van der Waals surface area contributed by atoms with E-state index in [1.165, 1.54) is 4.90 Å². The van der Waals surface area contributed by atoms with Crippen LogP contribution in [0.15, 0.2) is 30.3 Å². The van der Waals surface area contributed by atoms with Crippen molar-refractivity contribution in [1.29, 1.82) is 0 Å². The minimum Gasteiger partial charge on any atom is -0.369 e. The zero-order chi connectivity index (χ0) is 16.4. The molecule has 1 unspecified atom stereocenters. The average molecular weight is 334 g/mol. The highest BCUT2D eigenvalue weighted by Gasteiger charge is 2.29. The summed E-state index contributed by atoms with van der Waals surface area (Å²) >= 11 is 6.58. The van der Waals surface area contributed by atoms with Crippen molar-refractivity contribution in [2.75, 3.05) is 13.1 Å². The molecule has 2 atom stereocenters. The molecule has 0 aliphatic carbocycles. The molecule has 1 aromatic carbocycles. The lowest BCUT2D eigenvalue weighted by Crippen LogP contribution is -3.12. The van der Waals surface area contributed by atoms with Crippen LogP contribution >= 0.6 is 11.6 Å². The summed E-state index contributed by atoms with van der Waals surface area (Å²) in [4.78, 5) is 12.8. The lowest BCUT2D eigenvalue weighted by atomic mass is 9.97. The van der Waals surface area contributed by atoms with Gasteiger partial charge in [-0.3, -0.25) is 4.79 Å². The van der Waals surface area contributed by atoms with Gasteiger partial charge in [0, 0.05) is 0 Å². The molecule has 6 heteroatoms. The molecule has 1 aliphatic rings. The lowest BCUT2D eigenvalue weighted by Gasteiger charge is -2.28. The number of halogens is 1. The monoisotopic (exact) mass is 333 g/mol. The number of piperidine rings is 1. The molecule has 1 amide bonds. The molecule has 2 heterocycles. The van der Waals surface area contributed by atoms with Crippen LogP contribution in [0, 0.1) is 12.8 Å². The molecule has 3 rings (SSSR count). The number of para-hydroxylation sites is 1. The Morgan fingerprint density at radius 3 is 2.87 bits per heavy atom. The summed E-state index contributed by atoms with van der Waals surface area (Å²) in [5.74, 6) is -0.216. The fourth-order valence-electron chi connectivity index (χ4n) is 3.28. The molecule has 2 aromatic rings.